The van der Waals surface area contributed by atoms with E-state index in [0.29, 0.717) is 6.07 Å². The number of anilines is 1. The maximum atomic E-state index is 13.5. The third kappa shape index (κ3) is 5.06. The molecule has 0 saturated carbocycles. The van der Waals surface area contributed by atoms with Crippen LogP contribution in [0.5, 0.6) is 5.75 Å². The van der Waals surface area contributed by atoms with Crippen molar-refractivity contribution in [3.8, 4) is 5.75 Å². The molecule has 0 aromatic heterocycles. The predicted octanol–water partition coefficient (Wildman–Crippen LogP) is 1.10. The highest BCUT2D eigenvalue weighted by Gasteiger charge is 2.29. The highest BCUT2D eigenvalue weighted by atomic mass is 32.2. The van der Waals surface area contributed by atoms with Crippen LogP contribution in [0.3, 0.4) is 0 Å². The van der Waals surface area contributed by atoms with E-state index in [1.807, 2.05) is 0 Å². The van der Waals surface area contributed by atoms with Crippen molar-refractivity contribution in [1.29, 1.82) is 0 Å². The molecule has 29 heavy (non-hydrogen) atoms. The van der Waals surface area contributed by atoms with Gasteiger partial charge in [-0.25, -0.2) is 17.2 Å². The number of nitrogens with one attached hydrogen (secondary N) is 2. The highest BCUT2D eigenvalue weighted by molar-refractivity contribution is 7.89. The van der Waals surface area contributed by atoms with E-state index in [0.717, 1.165) is 16.4 Å². The van der Waals surface area contributed by atoms with Gasteiger partial charge in [-0.15, -0.1) is 0 Å². The van der Waals surface area contributed by atoms with Crippen LogP contribution in [0.25, 0.3) is 0 Å². The second-order valence-corrected chi connectivity index (χ2v) is 8.07. The third-order valence-corrected chi connectivity index (χ3v) is 5.85. The van der Waals surface area contributed by atoms with E-state index in [1.54, 1.807) is 0 Å². The summed E-state index contributed by atoms with van der Waals surface area (Å²) in [7, 11) is -3.91. The number of amides is 2. The molecule has 1 fully saturated rings. The topological polar surface area (TPSA) is 105 Å². The van der Waals surface area contributed by atoms with Crippen LogP contribution in [0, 0.1) is 11.6 Å². The molecule has 1 aliphatic heterocycles. The molecule has 2 aromatic rings. The normalized spacial score (nSPS) is 14.9. The van der Waals surface area contributed by atoms with E-state index in [9.17, 15) is 26.8 Å². The molecule has 3 rings (SSSR count). The largest absolute Gasteiger partial charge is 0.481 e. The molecule has 0 bridgehead atoms. The zero-order chi connectivity index (χ0) is 21.0. The van der Waals surface area contributed by atoms with Gasteiger partial charge in [-0.3, -0.25) is 9.59 Å². The highest BCUT2D eigenvalue weighted by Crippen LogP contribution is 2.21. The zero-order valence-electron chi connectivity index (χ0n) is 15.0. The second kappa shape index (κ2) is 8.53. The molecule has 1 saturated heterocycles. The first-order valence-corrected chi connectivity index (χ1v) is 9.94. The molecule has 11 heteroatoms. The van der Waals surface area contributed by atoms with Crippen molar-refractivity contribution in [3.05, 3.63) is 54.1 Å². The molecule has 0 spiro atoms. The number of ether oxygens (including phenoxy) is 1. The second-order valence-electron chi connectivity index (χ2n) is 6.13. The van der Waals surface area contributed by atoms with Crippen LogP contribution < -0.4 is 15.4 Å². The van der Waals surface area contributed by atoms with Gasteiger partial charge in [0.15, 0.2) is 18.2 Å². The lowest BCUT2D eigenvalue weighted by molar-refractivity contribution is -0.122. The number of carbonyl (C=O) groups excluding carboxylic acids is 2. The minimum absolute atomic E-state index is 0.0875. The van der Waals surface area contributed by atoms with E-state index in [4.69, 9.17) is 4.74 Å². The summed E-state index contributed by atoms with van der Waals surface area (Å²) in [5, 5.41) is 4.99. The summed E-state index contributed by atoms with van der Waals surface area (Å²) >= 11 is 0. The van der Waals surface area contributed by atoms with E-state index in [2.05, 4.69) is 10.6 Å². The first-order chi connectivity index (χ1) is 13.8. The van der Waals surface area contributed by atoms with Gasteiger partial charge in [0, 0.05) is 24.8 Å². The lowest BCUT2D eigenvalue weighted by Gasteiger charge is -2.26. The summed E-state index contributed by atoms with van der Waals surface area (Å²) in [4.78, 5) is 23.4. The average Bonchev–Trinajstić information content (AvgIpc) is 2.67. The van der Waals surface area contributed by atoms with E-state index >= 15 is 0 Å². The Kier molecular flexibility index (Phi) is 6.09. The number of hydrogen-bond acceptors (Lipinski definition) is 5. The van der Waals surface area contributed by atoms with Gasteiger partial charge < -0.3 is 15.4 Å². The van der Waals surface area contributed by atoms with E-state index < -0.39 is 40.1 Å². The molecular formula is C18H17F2N3O5S. The Morgan fingerprint density at radius 3 is 2.72 bits per heavy atom. The molecule has 2 amide bonds. The van der Waals surface area contributed by atoms with Crippen LogP contribution in [0.1, 0.15) is 0 Å². The number of halogens is 2. The summed E-state index contributed by atoms with van der Waals surface area (Å²) < 4.78 is 57.8. The van der Waals surface area contributed by atoms with Crippen molar-refractivity contribution in [1.82, 2.24) is 9.62 Å². The number of carbonyl (C=O) groups is 2. The molecule has 0 atom stereocenters. The number of benzene rings is 2. The Morgan fingerprint density at radius 2 is 2.00 bits per heavy atom. The van der Waals surface area contributed by atoms with Crippen molar-refractivity contribution in [2.24, 2.45) is 0 Å². The van der Waals surface area contributed by atoms with Gasteiger partial charge in [0.25, 0.3) is 5.91 Å². The Bertz CT molecular complexity index is 1050. The summed E-state index contributed by atoms with van der Waals surface area (Å²) in [6.07, 6.45) is 0. The smallest absolute Gasteiger partial charge is 0.262 e. The van der Waals surface area contributed by atoms with Crippen molar-refractivity contribution >= 4 is 27.5 Å². The number of sulfonamides is 1. The molecule has 2 aromatic carbocycles. The maximum absolute atomic E-state index is 13.5. The van der Waals surface area contributed by atoms with Crippen LogP contribution in [-0.4, -0.2) is 50.8 Å². The molecule has 0 unspecified atom stereocenters. The molecule has 0 radical (unpaired) electrons. The van der Waals surface area contributed by atoms with Crippen LogP contribution in [0.15, 0.2) is 47.4 Å². The zero-order valence-corrected chi connectivity index (χ0v) is 15.8. The Morgan fingerprint density at radius 1 is 1.21 bits per heavy atom. The first kappa shape index (κ1) is 20.7. The predicted molar refractivity (Wildman–Crippen MR) is 98.7 cm³/mol. The minimum Gasteiger partial charge on any atom is -0.481 e. The molecule has 1 aliphatic rings. The fourth-order valence-electron chi connectivity index (χ4n) is 2.64. The Labute approximate surface area is 165 Å². The van der Waals surface area contributed by atoms with Crippen LogP contribution >= 0.6 is 0 Å². The summed E-state index contributed by atoms with van der Waals surface area (Å²) in [6.45, 7) is -0.491. The minimum atomic E-state index is -3.91. The fourth-order valence-corrected chi connectivity index (χ4v) is 4.08. The third-order valence-electron chi connectivity index (χ3n) is 4.01. The van der Waals surface area contributed by atoms with Crippen LogP contribution in [0.4, 0.5) is 14.5 Å². The number of piperazine rings is 1. The molecule has 8 nitrogen and oxygen atoms in total. The lowest BCUT2D eigenvalue weighted by Crippen LogP contribution is -2.49. The van der Waals surface area contributed by atoms with E-state index in [-0.39, 0.29) is 36.0 Å². The summed E-state index contributed by atoms with van der Waals surface area (Å²) in [6, 6.07) is 8.18. The quantitative estimate of drug-likeness (QED) is 0.721. The standard InChI is InChI=1S/C18H17F2N3O5S/c19-12-4-5-16(15(20)8-12)28-11-18(25)22-13-2-1-3-14(9-13)29(26,27)23-7-6-21-17(24)10-23/h1-5,8-9H,6-7,10-11H2,(H,21,24)(H,22,25). The molecular weight excluding hydrogens is 408 g/mol. The molecule has 154 valence electrons. The van der Waals surface area contributed by atoms with Crippen molar-refractivity contribution in [3.63, 3.8) is 0 Å². The summed E-state index contributed by atoms with van der Waals surface area (Å²) in [5.41, 5.74) is 0.181. The van der Waals surface area contributed by atoms with Crippen LogP contribution in [-0.2, 0) is 19.6 Å². The Balaban J connectivity index is 1.66. The molecule has 0 aliphatic carbocycles. The number of hydrogen-bond donors (Lipinski definition) is 2. The van der Waals surface area contributed by atoms with Gasteiger partial charge in [-0.1, -0.05) is 6.07 Å². The lowest BCUT2D eigenvalue weighted by atomic mass is 10.3. The molecule has 1 heterocycles. The number of nitrogens with zero attached hydrogens (tertiary/aromatic N) is 1. The monoisotopic (exact) mass is 425 g/mol. The Hall–Kier alpha value is -3.05. The van der Waals surface area contributed by atoms with Crippen molar-refractivity contribution in [2.75, 3.05) is 31.6 Å². The van der Waals surface area contributed by atoms with Gasteiger partial charge in [0.2, 0.25) is 15.9 Å². The first-order valence-electron chi connectivity index (χ1n) is 8.50. The SMILES string of the molecule is O=C1CN(S(=O)(=O)c2cccc(NC(=O)COc3ccc(F)cc3F)c2)CCN1. The van der Waals surface area contributed by atoms with E-state index in [1.165, 1.54) is 24.3 Å². The fraction of sp³-hybridized carbons (Fsp3) is 0.222. The van der Waals surface area contributed by atoms with Gasteiger partial charge in [0.05, 0.1) is 11.4 Å². The molecule has 2 N–H and O–H groups in total. The van der Waals surface area contributed by atoms with Gasteiger partial charge in [0.1, 0.15) is 5.82 Å². The number of rotatable bonds is 6. The van der Waals surface area contributed by atoms with Gasteiger partial charge in [-0.2, -0.15) is 4.31 Å². The van der Waals surface area contributed by atoms with Crippen molar-refractivity contribution < 1.29 is 31.5 Å². The summed E-state index contributed by atoms with van der Waals surface area (Å²) in [5.74, 6) is -3.07. The average molecular weight is 425 g/mol. The van der Waals surface area contributed by atoms with Crippen molar-refractivity contribution in [2.45, 2.75) is 4.90 Å². The maximum Gasteiger partial charge on any atom is 0.262 e. The van der Waals surface area contributed by atoms with Gasteiger partial charge >= 0.3 is 0 Å². The van der Waals surface area contributed by atoms with Crippen LogP contribution in [0.2, 0.25) is 0 Å². The van der Waals surface area contributed by atoms with Gasteiger partial charge in [-0.05, 0) is 30.3 Å².